The molecule has 0 fully saturated rings. The number of rotatable bonds is 4. The van der Waals surface area contributed by atoms with E-state index in [0.717, 1.165) is 0 Å². The monoisotopic (exact) mass is 503 g/mol. The van der Waals surface area contributed by atoms with Gasteiger partial charge in [0.1, 0.15) is 9.79 Å². The van der Waals surface area contributed by atoms with Gasteiger partial charge in [0.05, 0.1) is 4.47 Å². The number of hydrogen-bond acceptors (Lipinski definition) is 9. The van der Waals surface area contributed by atoms with Gasteiger partial charge in [0.15, 0.2) is 4.98 Å². The lowest BCUT2D eigenvalue weighted by Crippen LogP contribution is -2.17. The molecule has 14 nitrogen and oxygen atoms in total. The molecule has 0 atom stereocenters. The van der Waals surface area contributed by atoms with Crippen LogP contribution in [0.25, 0.3) is 4.98 Å². The third-order valence-corrected chi connectivity index (χ3v) is 7.62. The summed E-state index contributed by atoms with van der Waals surface area (Å²) in [6, 6.07) is 0. The summed E-state index contributed by atoms with van der Waals surface area (Å²) in [5.41, 5.74) is -2.01. The standard InChI is InChI=1S/C6H3BrN2O12S4/c7-1-3(22(10,11)12)5(24(16,17)18)2(9-8)6(25(19,20)21)4(1)23(13,14)15/h(H3-,10,11,12,13,14,15,16,17,18,19,20,21)/p+1. The topological polar surface area (TPSA) is 246 Å². The highest BCUT2D eigenvalue weighted by molar-refractivity contribution is 9.10. The van der Waals surface area contributed by atoms with Crippen molar-refractivity contribution in [2.24, 2.45) is 0 Å². The lowest BCUT2D eigenvalue weighted by atomic mass is 10.3. The van der Waals surface area contributed by atoms with Crippen molar-refractivity contribution in [3.63, 3.8) is 0 Å². The van der Waals surface area contributed by atoms with E-state index in [1.165, 1.54) is 0 Å². The van der Waals surface area contributed by atoms with Gasteiger partial charge in [-0.25, -0.2) is 0 Å². The molecule has 25 heavy (non-hydrogen) atoms. The van der Waals surface area contributed by atoms with Crippen LogP contribution >= 0.6 is 15.9 Å². The van der Waals surface area contributed by atoms with Gasteiger partial charge in [-0.15, -0.1) is 0 Å². The Morgan fingerprint density at radius 2 is 0.880 bits per heavy atom. The first kappa shape index (κ1) is 21.8. The fourth-order valence-electron chi connectivity index (χ4n) is 1.65. The average molecular weight is 504 g/mol. The molecular formula is C6H4BrN2O12S4+. The highest BCUT2D eigenvalue weighted by Gasteiger charge is 2.48. The fourth-order valence-corrected chi connectivity index (χ4v) is 7.70. The van der Waals surface area contributed by atoms with Crippen LogP contribution in [-0.2, 0) is 40.5 Å². The maximum atomic E-state index is 11.4. The lowest BCUT2D eigenvalue weighted by Gasteiger charge is -2.11. The zero-order valence-electron chi connectivity index (χ0n) is 11.0. The van der Waals surface area contributed by atoms with Crippen molar-refractivity contribution in [2.45, 2.75) is 19.6 Å². The van der Waals surface area contributed by atoms with Gasteiger partial charge in [0, 0.05) is 0 Å². The van der Waals surface area contributed by atoms with Crippen molar-refractivity contribution < 1.29 is 51.9 Å². The van der Waals surface area contributed by atoms with E-state index in [1.807, 2.05) is 4.98 Å². The summed E-state index contributed by atoms with van der Waals surface area (Å²) in [5, 5.41) is 8.80. The summed E-state index contributed by atoms with van der Waals surface area (Å²) < 4.78 is 126. The Morgan fingerprint density at radius 3 is 1.04 bits per heavy atom. The second-order valence-electron chi connectivity index (χ2n) is 3.98. The van der Waals surface area contributed by atoms with Crippen molar-refractivity contribution >= 4 is 62.1 Å². The lowest BCUT2D eigenvalue weighted by molar-refractivity contribution is 0.457. The quantitative estimate of drug-likeness (QED) is 0.310. The van der Waals surface area contributed by atoms with E-state index in [9.17, 15) is 33.7 Å². The van der Waals surface area contributed by atoms with Crippen LogP contribution in [0, 0.1) is 5.39 Å². The second kappa shape index (κ2) is 6.18. The molecule has 0 bridgehead atoms. The Hall–Kier alpha value is -1.24. The average Bonchev–Trinajstić information content (AvgIpc) is 2.31. The number of benzene rings is 1. The van der Waals surface area contributed by atoms with E-state index in [0.29, 0.717) is 0 Å². The predicted molar refractivity (Wildman–Crippen MR) is 78.1 cm³/mol. The van der Waals surface area contributed by atoms with E-state index in [2.05, 4.69) is 15.9 Å². The summed E-state index contributed by atoms with van der Waals surface area (Å²) in [6.45, 7) is 0. The summed E-state index contributed by atoms with van der Waals surface area (Å²) in [7, 11) is -23.1. The Kier molecular flexibility index (Phi) is 5.39. The third-order valence-electron chi connectivity index (χ3n) is 2.37. The van der Waals surface area contributed by atoms with Gasteiger partial charge >= 0.3 is 25.9 Å². The molecule has 0 aliphatic heterocycles. The SMILES string of the molecule is N#[N+]c1c(S(=O)(=O)O)c(S(=O)(=O)O)c(Br)c(S(=O)(=O)O)c1S(=O)(=O)O. The number of hydrogen-bond donors (Lipinski definition) is 4. The molecule has 1 aromatic rings. The molecule has 0 unspecified atom stereocenters. The molecule has 1 aromatic carbocycles. The largest absolute Gasteiger partial charge is 0.429 e. The molecule has 0 aliphatic rings. The van der Waals surface area contributed by atoms with Crippen LogP contribution in [0.15, 0.2) is 24.1 Å². The first-order valence-electron chi connectivity index (χ1n) is 4.99. The zero-order chi connectivity index (χ0) is 20.2. The molecule has 19 heteroatoms. The van der Waals surface area contributed by atoms with Gasteiger partial charge in [-0.3, -0.25) is 18.2 Å². The van der Waals surface area contributed by atoms with E-state index in [1.54, 1.807) is 0 Å². The minimum atomic E-state index is -5.80. The highest BCUT2D eigenvalue weighted by Crippen LogP contribution is 2.46. The van der Waals surface area contributed by atoms with Crippen LogP contribution in [0.5, 0.6) is 0 Å². The maximum absolute atomic E-state index is 11.4. The van der Waals surface area contributed by atoms with Crippen LogP contribution in [0.1, 0.15) is 0 Å². The van der Waals surface area contributed by atoms with Gasteiger partial charge in [-0.1, -0.05) is 0 Å². The number of halogens is 1. The van der Waals surface area contributed by atoms with Crippen LogP contribution in [-0.4, -0.2) is 51.9 Å². The second-order valence-corrected chi connectivity index (χ2v) is 10.2. The fraction of sp³-hybridized carbons (Fsp3) is 0. The van der Waals surface area contributed by atoms with Crippen LogP contribution in [0.4, 0.5) is 5.69 Å². The molecule has 0 amide bonds. The first-order chi connectivity index (χ1) is 10.8. The summed E-state index contributed by atoms with van der Waals surface area (Å²) in [5.74, 6) is 0. The van der Waals surface area contributed by atoms with Gasteiger partial charge in [-0.2, -0.15) is 33.7 Å². The molecule has 140 valence electrons. The predicted octanol–water partition coefficient (Wildman–Crippen LogP) is -0.0795. The summed E-state index contributed by atoms with van der Waals surface area (Å²) in [4.78, 5) is -6.11. The maximum Gasteiger partial charge on any atom is 0.429 e. The zero-order valence-corrected chi connectivity index (χ0v) is 15.8. The van der Waals surface area contributed by atoms with Crippen molar-refractivity contribution in [3.05, 3.63) is 9.45 Å². The smallest absolute Gasteiger partial charge is 0.282 e. The Balaban J connectivity index is 4.79. The molecule has 0 saturated carbocycles. The van der Waals surface area contributed by atoms with E-state index < -0.39 is 70.2 Å². The Bertz CT molecular complexity index is 1150. The van der Waals surface area contributed by atoms with Crippen molar-refractivity contribution in [1.82, 2.24) is 0 Å². The number of diazo groups is 1. The van der Waals surface area contributed by atoms with Gasteiger partial charge in [0.25, 0.3) is 20.2 Å². The van der Waals surface area contributed by atoms with Gasteiger partial charge in [0.2, 0.25) is 15.2 Å². The molecule has 4 N–H and O–H groups in total. The minimum absolute atomic E-state index is 1.59. The van der Waals surface area contributed by atoms with E-state index in [4.69, 9.17) is 23.6 Å². The molecule has 0 aromatic heterocycles. The van der Waals surface area contributed by atoms with Crippen molar-refractivity contribution in [1.29, 1.82) is 5.39 Å². The Morgan fingerprint density at radius 1 is 0.640 bits per heavy atom. The molecule has 0 spiro atoms. The van der Waals surface area contributed by atoms with Crippen LogP contribution in [0.3, 0.4) is 0 Å². The van der Waals surface area contributed by atoms with Crippen molar-refractivity contribution in [2.75, 3.05) is 0 Å². The Labute approximate surface area is 148 Å². The highest BCUT2D eigenvalue weighted by atomic mass is 79.9. The molecule has 0 radical (unpaired) electrons. The molecule has 0 saturated heterocycles. The summed E-state index contributed by atoms with van der Waals surface area (Å²) >= 11 is 2.15. The van der Waals surface area contributed by atoms with Gasteiger partial charge < -0.3 is 0 Å². The molecule has 0 heterocycles. The molecule has 0 aliphatic carbocycles. The van der Waals surface area contributed by atoms with Crippen LogP contribution < -0.4 is 0 Å². The minimum Gasteiger partial charge on any atom is -0.282 e. The first-order valence-corrected chi connectivity index (χ1v) is 11.5. The van der Waals surface area contributed by atoms with Gasteiger partial charge in [-0.05, 0) is 15.9 Å². The summed E-state index contributed by atoms with van der Waals surface area (Å²) in [6.07, 6.45) is 0. The third kappa shape index (κ3) is 4.13. The van der Waals surface area contributed by atoms with Crippen LogP contribution in [0.2, 0.25) is 0 Å². The molecule has 1 rings (SSSR count). The number of nitrogens with zero attached hydrogens (tertiary/aromatic N) is 2. The van der Waals surface area contributed by atoms with E-state index in [-0.39, 0.29) is 0 Å². The van der Waals surface area contributed by atoms with E-state index >= 15 is 0 Å². The molecular weight excluding hydrogens is 500 g/mol. The van der Waals surface area contributed by atoms with Crippen molar-refractivity contribution in [3.8, 4) is 0 Å². The normalized spacial score (nSPS) is 13.4.